The monoisotopic (exact) mass is 284 g/mol. The van der Waals surface area contributed by atoms with Crippen molar-refractivity contribution in [3.05, 3.63) is 28.2 Å². The summed E-state index contributed by atoms with van der Waals surface area (Å²) in [5.41, 5.74) is 2.36. The van der Waals surface area contributed by atoms with Crippen LogP contribution in [0.2, 0.25) is 0 Å². The molecule has 2 N–H and O–H groups in total. The summed E-state index contributed by atoms with van der Waals surface area (Å²) in [6, 6.07) is 6.74. The van der Waals surface area contributed by atoms with Gasteiger partial charge in [-0.1, -0.05) is 22.0 Å². The lowest BCUT2D eigenvalue weighted by Crippen LogP contribution is -2.22. The van der Waals surface area contributed by atoms with Crippen LogP contribution in [-0.2, 0) is 11.3 Å². The predicted molar refractivity (Wildman–Crippen MR) is 69.8 cm³/mol. The number of ether oxygens (including phenoxy) is 1. The first-order valence-corrected chi connectivity index (χ1v) is 6.34. The molecule has 1 aromatic rings. The van der Waals surface area contributed by atoms with Crippen molar-refractivity contribution in [1.29, 1.82) is 0 Å². The Morgan fingerprint density at radius 1 is 1.56 bits per heavy atom. The Bertz CT molecular complexity index is 351. The first kappa shape index (κ1) is 11.9. The number of methoxy groups -OCH3 is 1. The molecular weight excluding hydrogens is 268 g/mol. The first-order chi connectivity index (χ1) is 7.81. The number of benzene rings is 1. The van der Waals surface area contributed by atoms with Crippen LogP contribution in [0, 0.1) is 0 Å². The maximum absolute atomic E-state index is 5.23. The largest absolute Gasteiger partial charge is 0.381 e. The van der Waals surface area contributed by atoms with Gasteiger partial charge in [0.15, 0.2) is 0 Å². The van der Waals surface area contributed by atoms with Crippen molar-refractivity contribution in [2.24, 2.45) is 0 Å². The summed E-state index contributed by atoms with van der Waals surface area (Å²) < 4.78 is 6.33. The molecule has 1 heterocycles. The highest BCUT2D eigenvalue weighted by Gasteiger charge is 2.16. The highest BCUT2D eigenvalue weighted by atomic mass is 79.9. The van der Waals surface area contributed by atoms with Gasteiger partial charge in [0.1, 0.15) is 0 Å². The second kappa shape index (κ2) is 5.66. The van der Waals surface area contributed by atoms with Gasteiger partial charge in [-0.15, -0.1) is 0 Å². The summed E-state index contributed by atoms with van der Waals surface area (Å²) in [5.74, 6) is 0. The third-order valence-corrected chi connectivity index (χ3v) is 3.57. The zero-order valence-corrected chi connectivity index (χ0v) is 11.0. The fraction of sp³-hybridized carbons (Fsp3) is 0.500. The third kappa shape index (κ3) is 2.75. The molecule has 0 spiro atoms. The average molecular weight is 285 g/mol. The summed E-state index contributed by atoms with van der Waals surface area (Å²) in [6.07, 6.45) is 1.18. The van der Waals surface area contributed by atoms with Crippen molar-refractivity contribution in [1.82, 2.24) is 5.32 Å². The molecule has 0 bridgehead atoms. The van der Waals surface area contributed by atoms with Crippen LogP contribution in [0.3, 0.4) is 0 Å². The number of rotatable bonds is 4. The fourth-order valence-corrected chi connectivity index (χ4v) is 2.46. The molecule has 4 heteroatoms. The zero-order chi connectivity index (χ0) is 11.4. The second-order valence-electron chi connectivity index (χ2n) is 4.03. The molecule has 1 aliphatic heterocycles. The van der Waals surface area contributed by atoms with Crippen LogP contribution in [0.4, 0.5) is 5.69 Å². The van der Waals surface area contributed by atoms with Crippen molar-refractivity contribution in [3.63, 3.8) is 0 Å². The maximum atomic E-state index is 5.23. The molecule has 2 rings (SSSR count). The predicted octanol–water partition coefficient (Wildman–Crippen LogP) is 2.37. The number of hydrogen-bond acceptors (Lipinski definition) is 3. The molecule has 3 nitrogen and oxygen atoms in total. The molecule has 1 unspecified atom stereocenters. The van der Waals surface area contributed by atoms with Crippen molar-refractivity contribution in [2.75, 3.05) is 25.5 Å². The van der Waals surface area contributed by atoms with Crippen LogP contribution >= 0.6 is 15.9 Å². The minimum Gasteiger partial charge on any atom is -0.381 e. The molecule has 0 saturated carbocycles. The van der Waals surface area contributed by atoms with E-state index in [2.05, 4.69) is 32.6 Å². The van der Waals surface area contributed by atoms with Gasteiger partial charge in [0.2, 0.25) is 0 Å². The number of halogens is 1. The number of hydrogen-bond donors (Lipinski definition) is 2. The van der Waals surface area contributed by atoms with Gasteiger partial charge in [-0.3, -0.25) is 0 Å². The minimum absolute atomic E-state index is 0.532. The van der Waals surface area contributed by atoms with Crippen molar-refractivity contribution in [2.45, 2.75) is 19.1 Å². The summed E-state index contributed by atoms with van der Waals surface area (Å²) in [5, 5.41) is 6.92. The quantitative estimate of drug-likeness (QED) is 0.891. The van der Waals surface area contributed by atoms with E-state index in [1.807, 2.05) is 12.1 Å². The lowest BCUT2D eigenvalue weighted by Gasteiger charge is -2.17. The van der Waals surface area contributed by atoms with Gasteiger partial charge in [0.05, 0.1) is 6.61 Å². The van der Waals surface area contributed by atoms with Gasteiger partial charge in [0, 0.05) is 35.4 Å². The highest BCUT2D eigenvalue weighted by Crippen LogP contribution is 2.26. The molecule has 0 aromatic heterocycles. The molecule has 0 aliphatic carbocycles. The maximum Gasteiger partial charge on any atom is 0.0744 e. The second-order valence-corrected chi connectivity index (χ2v) is 4.89. The van der Waals surface area contributed by atoms with E-state index < -0.39 is 0 Å². The fourth-order valence-electron chi connectivity index (χ4n) is 1.98. The lowest BCUT2D eigenvalue weighted by atomic mass is 10.1. The van der Waals surface area contributed by atoms with E-state index >= 15 is 0 Å². The van der Waals surface area contributed by atoms with Crippen molar-refractivity contribution < 1.29 is 4.74 Å². The van der Waals surface area contributed by atoms with E-state index in [9.17, 15) is 0 Å². The van der Waals surface area contributed by atoms with Gasteiger partial charge >= 0.3 is 0 Å². The van der Waals surface area contributed by atoms with E-state index in [4.69, 9.17) is 4.74 Å². The highest BCUT2D eigenvalue weighted by molar-refractivity contribution is 9.10. The van der Waals surface area contributed by atoms with Crippen LogP contribution in [0.25, 0.3) is 0 Å². The molecule has 1 aliphatic rings. The Labute approximate surface area is 105 Å². The van der Waals surface area contributed by atoms with E-state index in [-0.39, 0.29) is 0 Å². The molecule has 1 aromatic carbocycles. The van der Waals surface area contributed by atoms with Gasteiger partial charge in [-0.05, 0) is 25.1 Å². The topological polar surface area (TPSA) is 33.3 Å². The first-order valence-electron chi connectivity index (χ1n) is 5.55. The van der Waals surface area contributed by atoms with E-state index in [0.29, 0.717) is 12.6 Å². The van der Waals surface area contributed by atoms with Crippen LogP contribution in [0.15, 0.2) is 22.7 Å². The SMILES string of the molecule is COCc1c(Br)cccc1NC1CCNC1. The molecule has 1 fully saturated rings. The van der Waals surface area contributed by atoms with Crippen molar-refractivity contribution in [3.8, 4) is 0 Å². The number of anilines is 1. The van der Waals surface area contributed by atoms with Crippen LogP contribution in [-0.4, -0.2) is 26.2 Å². The van der Waals surface area contributed by atoms with Crippen molar-refractivity contribution >= 4 is 21.6 Å². The van der Waals surface area contributed by atoms with Crippen LogP contribution in [0.1, 0.15) is 12.0 Å². The summed E-state index contributed by atoms with van der Waals surface area (Å²) in [7, 11) is 1.72. The molecule has 1 saturated heterocycles. The smallest absolute Gasteiger partial charge is 0.0744 e. The average Bonchev–Trinajstić information content (AvgIpc) is 2.76. The normalized spacial score (nSPS) is 20.0. The van der Waals surface area contributed by atoms with Crippen LogP contribution in [0.5, 0.6) is 0 Å². The Kier molecular flexibility index (Phi) is 4.21. The Morgan fingerprint density at radius 2 is 2.44 bits per heavy atom. The summed E-state index contributed by atoms with van der Waals surface area (Å²) in [6.45, 7) is 2.77. The molecule has 1 atom stereocenters. The lowest BCUT2D eigenvalue weighted by molar-refractivity contribution is 0.185. The molecule has 0 amide bonds. The van der Waals surface area contributed by atoms with E-state index in [0.717, 1.165) is 17.6 Å². The molecular formula is C12H17BrN2O. The number of nitrogens with one attached hydrogen (secondary N) is 2. The Morgan fingerprint density at radius 3 is 3.12 bits per heavy atom. The Balaban J connectivity index is 2.14. The molecule has 16 heavy (non-hydrogen) atoms. The van der Waals surface area contributed by atoms with Gasteiger partial charge in [-0.25, -0.2) is 0 Å². The third-order valence-electron chi connectivity index (χ3n) is 2.83. The van der Waals surface area contributed by atoms with E-state index in [1.165, 1.54) is 17.7 Å². The molecule has 88 valence electrons. The standard InChI is InChI=1S/C12H17BrN2O/c1-16-8-10-11(13)3-2-4-12(10)15-9-5-6-14-7-9/h2-4,9,14-15H,5-8H2,1H3. The molecule has 0 radical (unpaired) electrons. The van der Waals surface area contributed by atoms with E-state index in [1.54, 1.807) is 7.11 Å². The minimum atomic E-state index is 0.532. The van der Waals surface area contributed by atoms with Gasteiger partial charge in [-0.2, -0.15) is 0 Å². The Hall–Kier alpha value is -0.580. The van der Waals surface area contributed by atoms with Crippen LogP contribution < -0.4 is 10.6 Å². The van der Waals surface area contributed by atoms with Gasteiger partial charge in [0.25, 0.3) is 0 Å². The van der Waals surface area contributed by atoms with Gasteiger partial charge < -0.3 is 15.4 Å². The summed E-state index contributed by atoms with van der Waals surface area (Å²) in [4.78, 5) is 0. The zero-order valence-electron chi connectivity index (χ0n) is 9.42. The summed E-state index contributed by atoms with van der Waals surface area (Å²) >= 11 is 3.56.